The molecule has 0 N–H and O–H groups in total. The van der Waals surface area contributed by atoms with Gasteiger partial charge in [-0.3, -0.25) is 0 Å². The highest BCUT2D eigenvalue weighted by Gasteiger charge is 2.00. The smallest absolute Gasteiger partial charge is 0.0951 e. The first-order valence-corrected chi connectivity index (χ1v) is 5.54. The zero-order valence-corrected chi connectivity index (χ0v) is 8.24. The average Bonchev–Trinajstić information content (AvgIpc) is 2.04. The summed E-state index contributed by atoms with van der Waals surface area (Å²) in [5.74, 6) is 0. The van der Waals surface area contributed by atoms with Gasteiger partial charge in [0.1, 0.15) is 0 Å². The highest BCUT2D eigenvalue weighted by molar-refractivity contribution is 14.2. The van der Waals surface area contributed by atoms with Crippen molar-refractivity contribution >= 4 is 36.6 Å². The molecular formula is C8H7IN2. The van der Waals surface area contributed by atoms with Gasteiger partial charge in [0.25, 0.3) is 0 Å². The lowest BCUT2D eigenvalue weighted by atomic mass is 10.2. The van der Waals surface area contributed by atoms with E-state index in [1.54, 1.807) is 0 Å². The van der Waals surface area contributed by atoms with Gasteiger partial charge < -0.3 is 0 Å². The molecule has 0 radical (unpaired) electrons. The number of hydrogen-bond acceptors (Lipinski definition) is 2. The molecule has 1 aromatic rings. The zero-order chi connectivity index (χ0) is 7.68. The van der Waals surface area contributed by atoms with Crippen LogP contribution in [0, 0.1) is 6.92 Å². The van der Waals surface area contributed by atoms with E-state index in [-0.39, 0.29) is 21.0 Å². The SMILES string of the molecule is Cc1ccc2c(c1)N=IC=N2. The molecule has 1 aliphatic rings. The average molecular weight is 258 g/mol. The van der Waals surface area contributed by atoms with Gasteiger partial charge in [0, 0.05) is 21.0 Å². The number of rotatable bonds is 0. The van der Waals surface area contributed by atoms with E-state index in [0.717, 1.165) is 11.4 Å². The van der Waals surface area contributed by atoms with Gasteiger partial charge in [0.2, 0.25) is 0 Å². The van der Waals surface area contributed by atoms with Crippen molar-refractivity contribution in [3.05, 3.63) is 23.8 Å². The van der Waals surface area contributed by atoms with Crippen LogP contribution in [0.1, 0.15) is 5.56 Å². The van der Waals surface area contributed by atoms with Crippen molar-refractivity contribution in [1.82, 2.24) is 0 Å². The molecule has 0 spiro atoms. The Kier molecular flexibility index (Phi) is 1.81. The molecule has 0 saturated carbocycles. The Morgan fingerprint density at radius 3 is 3.09 bits per heavy atom. The Balaban J connectivity index is 2.63. The van der Waals surface area contributed by atoms with Crippen LogP contribution in [0.4, 0.5) is 11.4 Å². The number of benzene rings is 1. The van der Waals surface area contributed by atoms with E-state index in [4.69, 9.17) is 0 Å². The monoisotopic (exact) mass is 258 g/mol. The molecule has 3 heteroatoms. The van der Waals surface area contributed by atoms with Gasteiger partial charge in [-0.15, -0.1) is 0 Å². The lowest BCUT2D eigenvalue weighted by molar-refractivity contribution is 1.41. The van der Waals surface area contributed by atoms with E-state index in [9.17, 15) is 0 Å². The Labute approximate surface area is 75.5 Å². The Morgan fingerprint density at radius 1 is 1.27 bits per heavy atom. The number of aliphatic imine (C=N–C) groups is 1. The highest BCUT2D eigenvalue weighted by Crippen LogP contribution is 2.34. The lowest BCUT2D eigenvalue weighted by Crippen LogP contribution is -1.74. The predicted molar refractivity (Wildman–Crippen MR) is 55.4 cm³/mol. The molecule has 0 saturated heterocycles. The molecular weight excluding hydrogens is 251 g/mol. The van der Waals surface area contributed by atoms with E-state index < -0.39 is 0 Å². The van der Waals surface area contributed by atoms with Crippen LogP contribution in [0.5, 0.6) is 0 Å². The van der Waals surface area contributed by atoms with Crippen LogP contribution in [0.2, 0.25) is 0 Å². The van der Waals surface area contributed by atoms with E-state index >= 15 is 0 Å². The Hall–Kier alpha value is -0.580. The quantitative estimate of drug-likeness (QED) is 0.637. The maximum absolute atomic E-state index is 4.41. The predicted octanol–water partition coefficient (Wildman–Crippen LogP) is 3.45. The molecule has 1 heterocycles. The maximum atomic E-state index is 4.41. The first-order valence-electron chi connectivity index (χ1n) is 3.33. The van der Waals surface area contributed by atoms with Crippen molar-refractivity contribution in [3.8, 4) is 0 Å². The summed E-state index contributed by atoms with van der Waals surface area (Å²) >= 11 is -0.154. The van der Waals surface area contributed by atoms with Crippen LogP contribution < -0.4 is 0 Å². The van der Waals surface area contributed by atoms with E-state index in [1.807, 2.05) is 10.3 Å². The van der Waals surface area contributed by atoms with Crippen molar-refractivity contribution in [3.63, 3.8) is 0 Å². The third-order valence-corrected chi connectivity index (χ3v) is 2.83. The summed E-state index contributed by atoms with van der Waals surface area (Å²) in [5.41, 5.74) is 3.34. The molecule has 0 bridgehead atoms. The second-order valence-electron chi connectivity index (χ2n) is 2.40. The summed E-state index contributed by atoms with van der Waals surface area (Å²) in [5, 5.41) is 0. The van der Waals surface area contributed by atoms with Crippen molar-refractivity contribution < 1.29 is 0 Å². The minimum atomic E-state index is -0.154. The number of fused-ring (bicyclic) bond motifs is 1. The number of nitrogens with zero attached hydrogens (tertiary/aromatic N) is 2. The molecule has 2 rings (SSSR count). The van der Waals surface area contributed by atoms with Crippen molar-refractivity contribution in [1.29, 1.82) is 0 Å². The normalized spacial score (nSPS) is 13.9. The molecule has 0 atom stereocenters. The summed E-state index contributed by atoms with van der Waals surface area (Å²) in [6.45, 7) is 2.08. The van der Waals surface area contributed by atoms with Crippen molar-refractivity contribution in [2.45, 2.75) is 6.92 Å². The highest BCUT2D eigenvalue weighted by atomic mass is 127. The van der Waals surface area contributed by atoms with Gasteiger partial charge in [-0.05, 0) is 24.6 Å². The topological polar surface area (TPSA) is 24.7 Å². The number of hydrogen-bond donors (Lipinski definition) is 0. The summed E-state index contributed by atoms with van der Waals surface area (Å²) in [7, 11) is 0. The molecule has 0 fully saturated rings. The standard InChI is InChI=1S/C8H7IN2/c1-6-2-3-7-8(4-6)11-9-5-10-7/h2-5H,1H3. The van der Waals surface area contributed by atoms with Gasteiger partial charge >= 0.3 is 0 Å². The van der Waals surface area contributed by atoms with Crippen LogP contribution in [0.3, 0.4) is 0 Å². The Bertz CT molecular complexity index is 342. The van der Waals surface area contributed by atoms with Gasteiger partial charge in [-0.2, -0.15) is 0 Å². The molecule has 1 aliphatic heterocycles. The maximum Gasteiger partial charge on any atom is 0.0951 e. The van der Waals surface area contributed by atoms with Crippen LogP contribution in [0.15, 0.2) is 26.3 Å². The van der Waals surface area contributed by atoms with E-state index in [2.05, 4.69) is 27.2 Å². The summed E-state index contributed by atoms with van der Waals surface area (Å²) in [6, 6.07) is 6.18. The summed E-state index contributed by atoms with van der Waals surface area (Å²) in [6.07, 6.45) is 0. The minimum Gasteiger partial charge on any atom is -0.247 e. The van der Waals surface area contributed by atoms with Crippen LogP contribution in [0.25, 0.3) is 0 Å². The van der Waals surface area contributed by atoms with E-state index in [1.165, 1.54) is 5.56 Å². The summed E-state index contributed by atoms with van der Waals surface area (Å²) in [4.78, 5) is 4.26. The van der Waals surface area contributed by atoms with Gasteiger partial charge in [0.05, 0.1) is 15.6 Å². The van der Waals surface area contributed by atoms with Crippen LogP contribution in [-0.4, -0.2) is 4.22 Å². The molecule has 0 aliphatic carbocycles. The fourth-order valence-electron chi connectivity index (χ4n) is 0.959. The number of halogens is 1. The van der Waals surface area contributed by atoms with Crippen LogP contribution >= 0.6 is 21.0 Å². The van der Waals surface area contributed by atoms with Gasteiger partial charge in [0.15, 0.2) is 0 Å². The first kappa shape index (κ1) is 7.09. The second-order valence-corrected chi connectivity index (χ2v) is 4.00. The molecule has 2 nitrogen and oxygen atoms in total. The lowest BCUT2D eigenvalue weighted by Gasteiger charge is -2.02. The third kappa shape index (κ3) is 1.38. The van der Waals surface area contributed by atoms with Crippen molar-refractivity contribution in [2.24, 2.45) is 8.14 Å². The summed E-state index contributed by atoms with van der Waals surface area (Å²) < 4.78 is 6.36. The molecule has 0 aromatic heterocycles. The van der Waals surface area contributed by atoms with Gasteiger partial charge in [-0.1, -0.05) is 6.07 Å². The van der Waals surface area contributed by atoms with Crippen LogP contribution in [-0.2, 0) is 0 Å². The molecule has 0 amide bonds. The Morgan fingerprint density at radius 2 is 2.18 bits per heavy atom. The zero-order valence-electron chi connectivity index (χ0n) is 6.08. The van der Waals surface area contributed by atoms with Gasteiger partial charge in [-0.25, -0.2) is 8.14 Å². The second kappa shape index (κ2) is 2.81. The van der Waals surface area contributed by atoms with E-state index in [0.29, 0.717) is 0 Å². The fraction of sp³-hybridized carbons (Fsp3) is 0.125. The van der Waals surface area contributed by atoms with Crippen molar-refractivity contribution in [2.75, 3.05) is 0 Å². The molecule has 11 heavy (non-hydrogen) atoms. The fourth-order valence-corrected chi connectivity index (χ4v) is 2.19. The minimum absolute atomic E-state index is 0.154. The third-order valence-electron chi connectivity index (χ3n) is 1.50. The first-order chi connectivity index (χ1) is 5.36. The number of aryl methyl sites for hydroxylation is 1. The molecule has 56 valence electrons. The largest absolute Gasteiger partial charge is 0.247 e. The molecule has 0 unspecified atom stereocenters. The molecule has 1 aromatic carbocycles.